The van der Waals surface area contributed by atoms with Crippen LogP contribution in [0.15, 0.2) is 48.7 Å². The SMILES string of the molecule is COC(=O)c1ncccc1[C@@H]1CN(Cc2ccccc2)C[C@H]1C#N. The lowest BCUT2D eigenvalue weighted by atomic mass is 9.89. The van der Waals surface area contributed by atoms with Crippen LogP contribution in [-0.2, 0) is 11.3 Å². The Hall–Kier alpha value is -2.71. The molecule has 0 bridgehead atoms. The summed E-state index contributed by atoms with van der Waals surface area (Å²) in [5.41, 5.74) is 2.33. The molecular weight excluding hydrogens is 302 g/mol. The summed E-state index contributed by atoms with van der Waals surface area (Å²) in [6.45, 7) is 2.21. The summed E-state index contributed by atoms with van der Waals surface area (Å²) < 4.78 is 4.83. The molecule has 0 unspecified atom stereocenters. The largest absolute Gasteiger partial charge is 0.464 e. The number of esters is 1. The number of hydrogen-bond acceptors (Lipinski definition) is 5. The van der Waals surface area contributed by atoms with E-state index in [1.165, 1.54) is 12.7 Å². The molecule has 1 aromatic carbocycles. The highest BCUT2D eigenvalue weighted by Gasteiger charge is 2.36. The smallest absolute Gasteiger partial charge is 0.356 e. The molecule has 0 saturated carbocycles. The number of nitriles is 1. The summed E-state index contributed by atoms with van der Waals surface area (Å²) in [6.07, 6.45) is 1.58. The van der Waals surface area contributed by atoms with Gasteiger partial charge in [0.25, 0.3) is 0 Å². The predicted molar refractivity (Wildman–Crippen MR) is 89.1 cm³/mol. The molecule has 2 aromatic rings. The fourth-order valence-corrected chi connectivity index (χ4v) is 3.29. The minimum atomic E-state index is -0.455. The van der Waals surface area contributed by atoms with Crippen LogP contribution < -0.4 is 0 Å². The average molecular weight is 321 g/mol. The number of carbonyl (C=O) groups is 1. The van der Waals surface area contributed by atoms with Gasteiger partial charge < -0.3 is 4.74 Å². The lowest BCUT2D eigenvalue weighted by molar-refractivity contribution is 0.0592. The Bertz CT molecular complexity index is 755. The fourth-order valence-electron chi connectivity index (χ4n) is 3.29. The van der Waals surface area contributed by atoms with Gasteiger partial charge in [0, 0.05) is 31.7 Å². The third kappa shape index (κ3) is 3.29. The number of rotatable bonds is 4. The molecule has 0 amide bonds. The quantitative estimate of drug-likeness (QED) is 0.810. The summed E-state index contributed by atoms with van der Waals surface area (Å²) in [7, 11) is 1.35. The summed E-state index contributed by atoms with van der Waals surface area (Å²) >= 11 is 0. The first-order chi connectivity index (χ1) is 11.7. The van der Waals surface area contributed by atoms with Crippen LogP contribution in [0, 0.1) is 17.2 Å². The van der Waals surface area contributed by atoms with E-state index < -0.39 is 5.97 Å². The average Bonchev–Trinajstić information content (AvgIpc) is 3.04. The Kier molecular flexibility index (Phi) is 4.88. The van der Waals surface area contributed by atoms with Crippen molar-refractivity contribution >= 4 is 5.97 Å². The van der Waals surface area contributed by atoms with Crippen LogP contribution in [0.25, 0.3) is 0 Å². The second-order valence-corrected chi connectivity index (χ2v) is 5.95. The van der Waals surface area contributed by atoms with E-state index in [1.54, 1.807) is 12.3 Å². The van der Waals surface area contributed by atoms with Gasteiger partial charge in [-0.2, -0.15) is 5.26 Å². The molecule has 3 rings (SSSR count). The number of benzene rings is 1. The third-order valence-corrected chi connectivity index (χ3v) is 4.43. The Labute approximate surface area is 141 Å². The molecule has 0 spiro atoms. The van der Waals surface area contributed by atoms with Gasteiger partial charge in [0.2, 0.25) is 0 Å². The van der Waals surface area contributed by atoms with E-state index in [0.29, 0.717) is 12.2 Å². The lowest BCUT2D eigenvalue weighted by Crippen LogP contribution is -2.20. The normalized spacial score (nSPS) is 20.5. The minimum absolute atomic E-state index is 0.0403. The van der Waals surface area contributed by atoms with Gasteiger partial charge in [-0.1, -0.05) is 36.4 Å². The first-order valence-corrected chi connectivity index (χ1v) is 7.92. The molecule has 1 fully saturated rings. The van der Waals surface area contributed by atoms with E-state index in [2.05, 4.69) is 28.1 Å². The molecule has 0 radical (unpaired) electrons. The van der Waals surface area contributed by atoms with Crippen molar-refractivity contribution in [1.82, 2.24) is 9.88 Å². The van der Waals surface area contributed by atoms with Gasteiger partial charge in [-0.3, -0.25) is 4.90 Å². The molecule has 122 valence electrons. The molecule has 1 aliphatic heterocycles. The lowest BCUT2D eigenvalue weighted by Gasteiger charge is -2.17. The van der Waals surface area contributed by atoms with Gasteiger partial charge in [-0.05, 0) is 17.2 Å². The summed E-state index contributed by atoms with van der Waals surface area (Å²) in [6, 6.07) is 16.3. The van der Waals surface area contributed by atoms with Crippen molar-refractivity contribution in [3.05, 3.63) is 65.5 Å². The molecule has 0 N–H and O–H groups in total. The van der Waals surface area contributed by atoms with Gasteiger partial charge in [0.15, 0.2) is 5.69 Å². The number of carbonyl (C=O) groups excluding carboxylic acids is 1. The van der Waals surface area contributed by atoms with Crippen LogP contribution in [-0.4, -0.2) is 36.1 Å². The molecule has 24 heavy (non-hydrogen) atoms. The molecule has 1 aliphatic rings. The molecule has 1 aromatic heterocycles. The maximum absolute atomic E-state index is 12.0. The van der Waals surface area contributed by atoms with Crippen LogP contribution >= 0.6 is 0 Å². The molecule has 1 saturated heterocycles. The van der Waals surface area contributed by atoms with Crippen molar-refractivity contribution in [2.24, 2.45) is 5.92 Å². The number of methoxy groups -OCH3 is 1. The first-order valence-electron chi connectivity index (χ1n) is 7.92. The molecule has 0 aliphatic carbocycles. The van der Waals surface area contributed by atoms with E-state index in [1.807, 2.05) is 24.3 Å². The number of aromatic nitrogens is 1. The van der Waals surface area contributed by atoms with E-state index in [0.717, 1.165) is 18.7 Å². The number of pyridine rings is 1. The van der Waals surface area contributed by atoms with E-state index in [-0.39, 0.29) is 11.8 Å². The highest BCUT2D eigenvalue weighted by atomic mass is 16.5. The standard InChI is InChI=1S/C19H19N3O2/c1-24-19(23)18-16(8-5-9-21-18)17-13-22(12-15(17)10-20)11-14-6-3-2-4-7-14/h2-9,15,17H,11-13H2,1H3/t15-,17-/m1/s1. The van der Waals surface area contributed by atoms with Crippen LogP contribution in [0.3, 0.4) is 0 Å². The number of likely N-dealkylation sites (tertiary alicyclic amines) is 1. The maximum Gasteiger partial charge on any atom is 0.356 e. The van der Waals surface area contributed by atoms with Crippen molar-refractivity contribution in [1.29, 1.82) is 5.26 Å². The van der Waals surface area contributed by atoms with Gasteiger partial charge in [-0.15, -0.1) is 0 Å². The highest BCUT2D eigenvalue weighted by molar-refractivity contribution is 5.89. The van der Waals surface area contributed by atoms with Gasteiger partial charge in [0.1, 0.15) is 0 Å². The van der Waals surface area contributed by atoms with Crippen LogP contribution in [0.5, 0.6) is 0 Å². The zero-order chi connectivity index (χ0) is 16.9. The molecule has 2 atom stereocenters. The van der Waals surface area contributed by atoms with Gasteiger partial charge >= 0.3 is 5.97 Å². The second-order valence-electron chi connectivity index (χ2n) is 5.95. The molecule has 2 heterocycles. The topological polar surface area (TPSA) is 66.2 Å². The van der Waals surface area contributed by atoms with Gasteiger partial charge in [-0.25, -0.2) is 9.78 Å². The maximum atomic E-state index is 12.0. The van der Waals surface area contributed by atoms with Crippen molar-refractivity contribution < 1.29 is 9.53 Å². The predicted octanol–water partition coefficient (Wildman–Crippen LogP) is 2.61. The molecule has 5 nitrogen and oxygen atoms in total. The second kappa shape index (κ2) is 7.24. The number of hydrogen-bond donors (Lipinski definition) is 0. The van der Waals surface area contributed by atoms with Crippen molar-refractivity contribution in [3.8, 4) is 6.07 Å². The van der Waals surface area contributed by atoms with Crippen molar-refractivity contribution in [3.63, 3.8) is 0 Å². The Morgan fingerprint density at radius 1 is 1.29 bits per heavy atom. The van der Waals surface area contributed by atoms with Crippen LogP contribution in [0.2, 0.25) is 0 Å². The van der Waals surface area contributed by atoms with Gasteiger partial charge in [0.05, 0.1) is 19.1 Å². The fraction of sp³-hybridized carbons (Fsp3) is 0.316. The van der Waals surface area contributed by atoms with E-state index >= 15 is 0 Å². The Morgan fingerprint density at radius 3 is 2.79 bits per heavy atom. The highest BCUT2D eigenvalue weighted by Crippen LogP contribution is 2.34. The zero-order valence-electron chi connectivity index (χ0n) is 13.6. The molecule has 5 heteroatoms. The number of ether oxygens (including phenoxy) is 1. The van der Waals surface area contributed by atoms with E-state index in [9.17, 15) is 10.1 Å². The summed E-state index contributed by atoms with van der Waals surface area (Å²) in [5, 5.41) is 9.56. The minimum Gasteiger partial charge on any atom is -0.464 e. The Morgan fingerprint density at radius 2 is 2.08 bits per heavy atom. The van der Waals surface area contributed by atoms with Crippen molar-refractivity contribution in [2.45, 2.75) is 12.5 Å². The third-order valence-electron chi connectivity index (χ3n) is 4.43. The summed E-state index contributed by atoms with van der Waals surface area (Å²) in [4.78, 5) is 18.4. The van der Waals surface area contributed by atoms with Crippen LogP contribution in [0.1, 0.15) is 27.5 Å². The van der Waals surface area contributed by atoms with E-state index in [4.69, 9.17) is 4.74 Å². The monoisotopic (exact) mass is 321 g/mol. The van der Waals surface area contributed by atoms with Crippen LogP contribution in [0.4, 0.5) is 0 Å². The Balaban J connectivity index is 1.84. The zero-order valence-corrected chi connectivity index (χ0v) is 13.6. The number of nitrogens with zero attached hydrogens (tertiary/aromatic N) is 3. The van der Waals surface area contributed by atoms with Crippen molar-refractivity contribution in [2.75, 3.05) is 20.2 Å². The first kappa shape index (κ1) is 16.2. The molecular formula is C19H19N3O2. The summed E-state index contributed by atoms with van der Waals surface area (Å²) in [5.74, 6) is -0.661.